The Morgan fingerprint density at radius 1 is 0.797 bits per heavy atom. The number of hydrogen-bond acceptors (Lipinski definition) is 7. The molecule has 1 aromatic heterocycles. The third-order valence-electron chi connectivity index (χ3n) is 12.6. The number of anilines is 1. The summed E-state index contributed by atoms with van der Waals surface area (Å²) in [4.78, 5) is 51.3. The average Bonchev–Trinajstić information content (AvgIpc) is 3.65. The first-order chi connectivity index (χ1) is 28.7. The monoisotopic (exact) mass is 793 g/mol. The lowest BCUT2D eigenvalue weighted by Gasteiger charge is -2.41. The van der Waals surface area contributed by atoms with Gasteiger partial charge in [-0.1, -0.05) is 42.5 Å². The lowest BCUT2D eigenvalue weighted by Crippen LogP contribution is -2.52. The summed E-state index contributed by atoms with van der Waals surface area (Å²) in [7, 11) is 1.76. The Bertz CT molecular complexity index is 2400. The number of hydrogen-bond donors (Lipinski definition) is 1. The molecular formula is C48H51N5O6. The van der Waals surface area contributed by atoms with Crippen molar-refractivity contribution in [3.8, 4) is 22.8 Å². The van der Waals surface area contributed by atoms with Crippen molar-refractivity contribution in [1.82, 2.24) is 19.3 Å². The largest absolute Gasteiger partial charge is 0.508 e. The van der Waals surface area contributed by atoms with Crippen molar-refractivity contribution in [3.05, 3.63) is 136 Å². The quantitative estimate of drug-likeness (QED) is 0.185. The highest BCUT2D eigenvalue weighted by Crippen LogP contribution is 2.38. The number of nitrogens with zero attached hydrogens (tertiary/aromatic N) is 5. The number of amides is 3. The second kappa shape index (κ2) is 16.4. The van der Waals surface area contributed by atoms with Crippen molar-refractivity contribution in [3.63, 3.8) is 0 Å². The van der Waals surface area contributed by atoms with Gasteiger partial charge in [0.15, 0.2) is 0 Å². The number of aryl methyl sites for hydroxylation is 1. The molecule has 5 heterocycles. The van der Waals surface area contributed by atoms with E-state index in [0.29, 0.717) is 61.8 Å². The van der Waals surface area contributed by atoms with Crippen molar-refractivity contribution >= 4 is 23.6 Å². The molecule has 1 atom stereocenters. The average molecular weight is 794 g/mol. The molecule has 5 aromatic rings. The number of phenols is 1. The van der Waals surface area contributed by atoms with Gasteiger partial charge < -0.3 is 33.8 Å². The maximum atomic E-state index is 15.5. The van der Waals surface area contributed by atoms with Crippen LogP contribution >= 0.6 is 0 Å². The van der Waals surface area contributed by atoms with Crippen molar-refractivity contribution in [2.75, 3.05) is 51.3 Å². The molecule has 11 heteroatoms. The molecule has 304 valence electrons. The molecule has 4 aromatic carbocycles. The second-order valence-corrected chi connectivity index (χ2v) is 16.3. The van der Waals surface area contributed by atoms with E-state index in [2.05, 4.69) is 38.6 Å². The molecule has 9 rings (SSSR count). The summed E-state index contributed by atoms with van der Waals surface area (Å²) in [5.41, 5.74) is 9.80. The minimum absolute atomic E-state index is 0.0581. The molecule has 1 saturated heterocycles. The molecule has 0 unspecified atom stereocenters. The number of aromatic nitrogens is 1. The Balaban J connectivity index is 1.13. The summed E-state index contributed by atoms with van der Waals surface area (Å²) in [5.74, 6) is 0.471. The van der Waals surface area contributed by atoms with Crippen molar-refractivity contribution in [1.29, 1.82) is 0 Å². The van der Waals surface area contributed by atoms with Crippen LogP contribution in [0.5, 0.6) is 11.5 Å². The van der Waals surface area contributed by atoms with Crippen LogP contribution in [0, 0.1) is 6.92 Å². The number of carbonyl (C=O) groups excluding carboxylic acids is 3. The summed E-state index contributed by atoms with van der Waals surface area (Å²) >= 11 is 0. The molecule has 3 amide bonds. The number of aromatic hydroxyl groups is 1. The van der Waals surface area contributed by atoms with E-state index >= 15 is 4.79 Å². The Kier molecular flexibility index (Phi) is 10.7. The number of fused-ring (bicyclic) bond motifs is 3. The van der Waals surface area contributed by atoms with Gasteiger partial charge in [-0.2, -0.15) is 0 Å². The molecule has 1 fully saturated rings. The Hall–Kier alpha value is -5.91. The second-order valence-electron chi connectivity index (χ2n) is 16.3. The third-order valence-corrected chi connectivity index (χ3v) is 12.6. The van der Waals surface area contributed by atoms with Gasteiger partial charge in [-0.05, 0) is 115 Å². The number of carbonyl (C=O) groups is 3. The van der Waals surface area contributed by atoms with Gasteiger partial charge in [0.1, 0.15) is 11.5 Å². The fourth-order valence-corrected chi connectivity index (χ4v) is 9.27. The van der Waals surface area contributed by atoms with Gasteiger partial charge in [-0.25, -0.2) is 4.79 Å². The molecular weight excluding hydrogens is 743 g/mol. The molecule has 0 bridgehead atoms. The smallest absolute Gasteiger partial charge is 0.415 e. The highest BCUT2D eigenvalue weighted by molar-refractivity contribution is 6.08. The van der Waals surface area contributed by atoms with Crippen LogP contribution in [0.4, 0.5) is 10.5 Å². The van der Waals surface area contributed by atoms with E-state index < -0.39 is 6.09 Å². The first kappa shape index (κ1) is 38.6. The van der Waals surface area contributed by atoms with Crippen LogP contribution in [0.2, 0.25) is 0 Å². The number of morpholine rings is 1. The highest BCUT2D eigenvalue weighted by Gasteiger charge is 2.36. The number of rotatable bonds is 7. The van der Waals surface area contributed by atoms with E-state index in [9.17, 15) is 14.7 Å². The fraction of sp³-hybridized carbons (Fsp3) is 0.354. The van der Waals surface area contributed by atoms with Gasteiger partial charge in [0.2, 0.25) is 0 Å². The van der Waals surface area contributed by atoms with E-state index in [4.69, 9.17) is 9.47 Å². The number of para-hydroxylation sites is 1. The van der Waals surface area contributed by atoms with Crippen molar-refractivity contribution in [2.45, 2.75) is 64.7 Å². The predicted molar refractivity (Wildman–Crippen MR) is 226 cm³/mol. The minimum Gasteiger partial charge on any atom is -0.508 e. The van der Waals surface area contributed by atoms with Crippen molar-refractivity contribution in [2.24, 2.45) is 0 Å². The molecule has 0 spiro atoms. The van der Waals surface area contributed by atoms with Gasteiger partial charge in [-0.3, -0.25) is 14.5 Å². The molecule has 0 aliphatic carbocycles. The summed E-state index contributed by atoms with van der Waals surface area (Å²) in [6.45, 7) is 7.68. The predicted octanol–water partition coefficient (Wildman–Crippen LogP) is 7.24. The van der Waals surface area contributed by atoms with Crippen LogP contribution in [0.25, 0.3) is 11.3 Å². The number of phenolic OH excluding ortho intramolecular Hbond substituents is 1. The molecule has 59 heavy (non-hydrogen) atoms. The highest BCUT2D eigenvalue weighted by atomic mass is 16.6. The van der Waals surface area contributed by atoms with E-state index in [0.717, 1.165) is 91.1 Å². The van der Waals surface area contributed by atoms with Gasteiger partial charge in [-0.15, -0.1) is 0 Å². The lowest BCUT2D eigenvalue weighted by molar-refractivity contribution is 0.0193. The molecule has 0 radical (unpaired) electrons. The first-order valence-electron chi connectivity index (χ1n) is 20.9. The lowest BCUT2D eigenvalue weighted by atomic mass is 9.89. The molecule has 1 N–H and O–H groups in total. The maximum Gasteiger partial charge on any atom is 0.415 e. The van der Waals surface area contributed by atoms with Crippen LogP contribution in [-0.4, -0.2) is 94.8 Å². The molecule has 4 aliphatic heterocycles. The van der Waals surface area contributed by atoms with Gasteiger partial charge >= 0.3 is 6.09 Å². The zero-order valence-electron chi connectivity index (χ0n) is 33.9. The van der Waals surface area contributed by atoms with Gasteiger partial charge in [0.05, 0.1) is 18.8 Å². The standard InChI is InChI=1S/C48H51N5O6/c1-32-9-3-6-13-45(32)59-48(57)51-20-18-34-26-40(44-28-42(43-12-7-8-19-52(43)44)46(55)49(2)37-14-16-39(54)17-15-37)41(27-36(34)29-51)47(56)53-30-35-11-5-4-10-33(35)25-38(53)31-50-21-23-58-24-22-50/h3-6,9-11,13-17,26-28,38,54H,7-8,12,18-25,29-31H2,1-2H3/t38-/m0/s1. The number of ether oxygens (including phenoxy) is 2. The number of benzene rings is 4. The normalized spacial score (nSPS) is 17.8. The molecule has 4 aliphatic rings. The van der Waals surface area contributed by atoms with E-state index in [1.54, 1.807) is 47.2 Å². The van der Waals surface area contributed by atoms with Crippen LogP contribution in [0.3, 0.4) is 0 Å². The van der Waals surface area contributed by atoms with Crippen LogP contribution in [0.1, 0.15) is 67.1 Å². The van der Waals surface area contributed by atoms with Crippen LogP contribution in [-0.2, 0) is 43.6 Å². The van der Waals surface area contributed by atoms with Crippen LogP contribution < -0.4 is 9.64 Å². The zero-order chi connectivity index (χ0) is 40.6. The third kappa shape index (κ3) is 7.72. The van der Waals surface area contributed by atoms with Gasteiger partial charge in [0.25, 0.3) is 11.8 Å². The summed E-state index contributed by atoms with van der Waals surface area (Å²) in [6, 6.07) is 28.7. The summed E-state index contributed by atoms with van der Waals surface area (Å²) < 4.78 is 13.8. The summed E-state index contributed by atoms with van der Waals surface area (Å²) in [6.07, 6.45) is 3.61. The molecule has 0 saturated carbocycles. The fourth-order valence-electron chi connectivity index (χ4n) is 9.27. The topological polar surface area (TPSA) is 108 Å². The Morgan fingerprint density at radius 2 is 1.56 bits per heavy atom. The van der Waals surface area contributed by atoms with E-state index in [1.165, 1.54) is 5.56 Å². The minimum atomic E-state index is -0.415. The molecule has 11 nitrogen and oxygen atoms in total. The summed E-state index contributed by atoms with van der Waals surface area (Å²) in [5, 5.41) is 9.92. The first-order valence-corrected chi connectivity index (χ1v) is 20.9. The van der Waals surface area contributed by atoms with Gasteiger partial charge in [0, 0.05) is 87.1 Å². The van der Waals surface area contributed by atoms with E-state index in [1.807, 2.05) is 43.3 Å². The van der Waals surface area contributed by atoms with Crippen LogP contribution in [0.15, 0.2) is 91.0 Å². The SMILES string of the molecule is Cc1ccccc1OC(=O)N1CCc2cc(-c3cc(C(=O)N(C)c4ccc(O)cc4)c4n3CCCC4)c(C(=O)N3Cc4ccccc4C[C@H]3CN3CCOCC3)cc2C1. The maximum absolute atomic E-state index is 15.5. The van der Waals surface area contributed by atoms with Crippen molar-refractivity contribution < 1.29 is 29.0 Å². The van der Waals surface area contributed by atoms with E-state index in [-0.39, 0.29) is 23.6 Å². The Morgan fingerprint density at radius 3 is 2.36 bits per heavy atom. The Labute approximate surface area is 345 Å². The zero-order valence-corrected chi connectivity index (χ0v) is 33.9.